The summed E-state index contributed by atoms with van der Waals surface area (Å²) in [4.78, 5) is 0. The molecule has 0 heterocycles. The Hall–Kier alpha value is -1.14. The van der Waals surface area contributed by atoms with E-state index in [1.807, 2.05) is 12.1 Å². The van der Waals surface area contributed by atoms with E-state index in [-0.39, 0.29) is 5.41 Å². The van der Waals surface area contributed by atoms with Crippen molar-refractivity contribution in [2.75, 3.05) is 12.4 Å². The Morgan fingerprint density at radius 2 is 2.20 bits per heavy atom. The van der Waals surface area contributed by atoms with Gasteiger partial charge in [-0.15, -0.1) is 0 Å². The van der Waals surface area contributed by atoms with E-state index in [9.17, 15) is 0 Å². The molecule has 0 bridgehead atoms. The molecule has 1 aromatic rings. The molecule has 0 atom stereocenters. The van der Waals surface area contributed by atoms with E-state index < -0.39 is 0 Å². The molecular formula is C12H15NOS. The topological polar surface area (TPSA) is 33.0 Å². The average molecular weight is 221 g/mol. The van der Waals surface area contributed by atoms with Crippen molar-refractivity contribution in [2.45, 2.75) is 13.8 Å². The summed E-state index contributed by atoms with van der Waals surface area (Å²) in [6.07, 6.45) is 0. The monoisotopic (exact) mass is 221 g/mol. The third-order valence-corrected chi connectivity index (χ3v) is 2.88. The van der Waals surface area contributed by atoms with Crippen molar-refractivity contribution >= 4 is 12.6 Å². The van der Waals surface area contributed by atoms with Crippen LogP contribution in [-0.2, 0) is 0 Å². The molecule has 0 fully saturated rings. The Labute approximate surface area is 96.3 Å². The predicted molar refractivity (Wildman–Crippen MR) is 64.3 cm³/mol. The van der Waals surface area contributed by atoms with E-state index in [1.165, 1.54) is 0 Å². The Morgan fingerprint density at radius 3 is 2.80 bits per heavy atom. The van der Waals surface area contributed by atoms with Crippen LogP contribution < -0.4 is 4.74 Å². The van der Waals surface area contributed by atoms with Gasteiger partial charge < -0.3 is 4.74 Å². The molecule has 0 unspecified atom stereocenters. The van der Waals surface area contributed by atoms with Gasteiger partial charge in [0, 0.05) is 5.41 Å². The zero-order valence-corrected chi connectivity index (χ0v) is 9.92. The number of nitrogens with zero attached hydrogens (tertiary/aromatic N) is 1. The zero-order valence-electron chi connectivity index (χ0n) is 9.03. The normalized spacial score (nSPS) is 10.8. The lowest BCUT2D eigenvalue weighted by atomic mass is 9.98. The molecule has 0 saturated carbocycles. The first-order valence-electron chi connectivity index (χ1n) is 4.81. The lowest BCUT2D eigenvalue weighted by molar-refractivity contribution is 0.202. The Bertz CT molecular complexity index is 368. The van der Waals surface area contributed by atoms with Crippen molar-refractivity contribution in [3.8, 4) is 11.8 Å². The molecule has 0 aliphatic carbocycles. The number of benzene rings is 1. The summed E-state index contributed by atoms with van der Waals surface area (Å²) in [6, 6.07) is 9.27. The Morgan fingerprint density at radius 1 is 1.47 bits per heavy atom. The predicted octanol–water partition coefficient (Wildman–Crippen LogP) is 2.89. The second-order valence-corrected chi connectivity index (χ2v) is 4.57. The zero-order chi connectivity index (χ0) is 11.3. The molecule has 0 aromatic heterocycles. The number of hydrogen-bond donors (Lipinski definition) is 1. The van der Waals surface area contributed by atoms with Crippen LogP contribution in [0, 0.1) is 16.7 Å². The van der Waals surface area contributed by atoms with Crippen molar-refractivity contribution < 1.29 is 4.74 Å². The van der Waals surface area contributed by atoms with E-state index >= 15 is 0 Å². The highest BCUT2D eigenvalue weighted by Crippen LogP contribution is 2.20. The van der Waals surface area contributed by atoms with Gasteiger partial charge in [-0.2, -0.15) is 17.9 Å². The number of ether oxygens (including phenoxy) is 1. The molecule has 1 rings (SSSR count). The van der Waals surface area contributed by atoms with Crippen molar-refractivity contribution in [3.05, 3.63) is 29.8 Å². The summed E-state index contributed by atoms with van der Waals surface area (Å²) in [5, 5.41) is 8.72. The van der Waals surface area contributed by atoms with Crippen molar-refractivity contribution in [1.29, 1.82) is 5.26 Å². The molecular weight excluding hydrogens is 206 g/mol. The minimum Gasteiger partial charge on any atom is -0.493 e. The quantitative estimate of drug-likeness (QED) is 0.793. The third kappa shape index (κ3) is 3.85. The molecule has 0 aliphatic heterocycles. The van der Waals surface area contributed by atoms with Gasteiger partial charge in [-0.25, -0.2) is 0 Å². The van der Waals surface area contributed by atoms with Crippen LogP contribution in [0.25, 0.3) is 0 Å². The fourth-order valence-corrected chi connectivity index (χ4v) is 1.07. The molecule has 1 aromatic carbocycles. The molecule has 0 aliphatic rings. The highest BCUT2D eigenvalue weighted by Gasteiger charge is 2.16. The first-order valence-corrected chi connectivity index (χ1v) is 5.44. The van der Waals surface area contributed by atoms with Crippen LogP contribution in [0.1, 0.15) is 19.4 Å². The van der Waals surface area contributed by atoms with Crippen LogP contribution in [0.5, 0.6) is 5.75 Å². The van der Waals surface area contributed by atoms with Gasteiger partial charge in [0.1, 0.15) is 5.75 Å². The van der Waals surface area contributed by atoms with Gasteiger partial charge in [-0.05, 0) is 24.0 Å². The maximum absolute atomic E-state index is 8.72. The van der Waals surface area contributed by atoms with Crippen LogP contribution in [-0.4, -0.2) is 12.4 Å². The fraction of sp³-hybridized carbons (Fsp3) is 0.417. The molecule has 0 N–H and O–H groups in total. The van der Waals surface area contributed by atoms with E-state index in [4.69, 9.17) is 10.00 Å². The standard InChI is InChI=1S/C12H15NOS/c1-12(2,9-15)8-14-11-5-3-4-10(6-11)7-13/h3-6,15H,8-9H2,1-2H3. The summed E-state index contributed by atoms with van der Waals surface area (Å²) in [6.45, 7) is 4.79. The van der Waals surface area contributed by atoms with E-state index in [0.29, 0.717) is 12.2 Å². The van der Waals surface area contributed by atoms with Gasteiger partial charge in [0.15, 0.2) is 0 Å². The van der Waals surface area contributed by atoms with E-state index in [0.717, 1.165) is 11.5 Å². The first-order chi connectivity index (χ1) is 7.07. The van der Waals surface area contributed by atoms with Gasteiger partial charge in [0.05, 0.1) is 18.2 Å². The summed E-state index contributed by atoms with van der Waals surface area (Å²) < 4.78 is 5.60. The van der Waals surface area contributed by atoms with Crippen molar-refractivity contribution in [2.24, 2.45) is 5.41 Å². The van der Waals surface area contributed by atoms with Gasteiger partial charge >= 0.3 is 0 Å². The van der Waals surface area contributed by atoms with Gasteiger partial charge in [-0.3, -0.25) is 0 Å². The molecule has 2 nitrogen and oxygen atoms in total. The van der Waals surface area contributed by atoms with Crippen molar-refractivity contribution in [3.63, 3.8) is 0 Å². The second kappa shape index (κ2) is 5.09. The maximum Gasteiger partial charge on any atom is 0.120 e. The van der Waals surface area contributed by atoms with Crippen LogP contribution in [0.3, 0.4) is 0 Å². The molecule has 80 valence electrons. The SMILES string of the molecule is CC(C)(CS)COc1cccc(C#N)c1. The fourth-order valence-electron chi connectivity index (χ4n) is 0.980. The molecule has 0 spiro atoms. The smallest absolute Gasteiger partial charge is 0.120 e. The number of nitriles is 1. The maximum atomic E-state index is 8.72. The highest BCUT2D eigenvalue weighted by molar-refractivity contribution is 7.80. The van der Waals surface area contributed by atoms with Gasteiger partial charge in [0.25, 0.3) is 0 Å². The van der Waals surface area contributed by atoms with Crippen LogP contribution in [0.15, 0.2) is 24.3 Å². The lowest BCUT2D eigenvalue weighted by Gasteiger charge is -2.22. The summed E-state index contributed by atoms with van der Waals surface area (Å²) >= 11 is 4.25. The molecule has 15 heavy (non-hydrogen) atoms. The molecule has 3 heteroatoms. The number of rotatable bonds is 4. The lowest BCUT2D eigenvalue weighted by Crippen LogP contribution is -2.23. The van der Waals surface area contributed by atoms with Gasteiger partial charge in [0.2, 0.25) is 0 Å². The largest absolute Gasteiger partial charge is 0.493 e. The summed E-state index contributed by atoms with van der Waals surface area (Å²) in [5.74, 6) is 1.51. The van der Waals surface area contributed by atoms with Crippen LogP contribution >= 0.6 is 12.6 Å². The minimum atomic E-state index is 0.0474. The summed E-state index contributed by atoms with van der Waals surface area (Å²) in [5.41, 5.74) is 0.669. The molecule has 0 saturated heterocycles. The minimum absolute atomic E-state index is 0.0474. The van der Waals surface area contributed by atoms with E-state index in [1.54, 1.807) is 12.1 Å². The molecule has 0 radical (unpaired) electrons. The van der Waals surface area contributed by atoms with E-state index in [2.05, 4.69) is 32.5 Å². The highest BCUT2D eigenvalue weighted by atomic mass is 32.1. The second-order valence-electron chi connectivity index (χ2n) is 4.25. The van der Waals surface area contributed by atoms with Crippen LogP contribution in [0.4, 0.5) is 0 Å². The summed E-state index contributed by atoms with van der Waals surface area (Å²) in [7, 11) is 0. The van der Waals surface area contributed by atoms with Crippen LogP contribution in [0.2, 0.25) is 0 Å². The Kier molecular flexibility index (Phi) is 4.05. The first kappa shape index (κ1) is 11.9. The number of thiol groups is 1. The molecule has 0 amide bonds. The van der Waals surface area contributed by atoms with Crippen molar-refractivity contribution in [1.82, 2.24) is 0 Å². The average Bonchev–Trinajstić information content (AvgIpc) is 2.27. The number of hydrogen-bond acceptors (Lipinski definition) is 3. The Balaban J connectivity index is 2.62. The van der Waals surface area contributed by atoms with Gasteiger partial charge in [-0.1, -0.05) is 19.9 Å². The third-order valence-electron chi connectivity index (χ3n) is 2.02.